The van der Waals surface area contributed by atoms with Crippen LogP contribution in [0, 0.1) is 11.8 Å². The Hall–Kier alpha value is -3.15. The van der Waals surface area contributed by atoms with Crippen LogP contribution in [0.4, 0.5) is 0 Å². The van der Waals surface area contributed by atoms with Crippen molar-refractivity contribution < 1.29 is 19.1 Å². The number of hydrogen-bond donors (Lipinski definition) is 0. The van der Waals surface area contributed by atoms with E-state index in [2.05, 4.69) is 0 Å². The van der Waals surface area contributed by atoms with E-state index in [0.29, 0.717) is 17.1 Å². The normalized spacial score (nSPS) is 20.9. The van der Waals surface area contributed by atoms with Crippen molar-refractivity contribution in [2.24, 2.45) is 16.9 Å². The van der Waals surface area contributed by atoms with Crippen LogP contribution in [-0.4, -0.2) is 43.2 Å². The zero-order chi connectivity index (χ0) is 21.1. The van der Waals surface area contributed by atoms with Gasteiger partial charge in [0.1, 0.15) is 6.54 Å². The molecule has 6 nitrogen and oxygen atoms in total. The molecule has 2 aliphatic rings. The highest BCUT2D eigenvalue weighted by Gasteiger charge is 2.41. The van der Waals surface area contributed by atoms with E-state index in [-0.39, 0.29) is 30.1 Å². The molecule has 30 heavy (non-hydrogen) atoms. The predicted molar refractivity (Wildman–Crippen MR) is 114 cm³/mol. The van der Waals surface area contributed by atoms with Gasteiger partial charge in [-0.2, -0.15) is 5.10 Å². The summed E-state index contributed by atoms with van der Waals surface area (Å²) in [5.41, 5.74) is 2.33. The fraction of sp³-hybridized carbons (Fsp3) is 0.375. The van der Waals surface area contributed by atoms with Crippen molar-refractivity contribution in [3.8, 4) is 11.5 Å². The van der Waals surface area contributed by atoms with E-state index in [1.165, 1.54) is 5.01 Å². The van der Waals surface area contributed by atoms with Gasteiger partial charge in [0.15, 0.2) is 17.3 Å². The number of amides is 1. The molecular formula is C24H26N2O4. The molecule has 1 aliphatic carbocycles. The van der Waals surface area contributed by atoms with E-state index in [0.717, 1.165) is 37.0 Å². The molecule has 0 aromatic heterocycles. The average Bonchev–Trinajstić information content (AvgIpc) is 2.81. The van der Waals surface area contributed by atoms with Crippen molar-refractivity contribution in [3.63, 3.8) is 0 Å². The molecule has 4 rings (SSSR count). The second kappa shape index (κ2) is 8.69. The minimum atomic E-state index is -0.136. The summed E-state index contributed by atoms with van der Waals surface area (Å²) in [5.74, 6) is 1.02. The van der Waals surface area contributed by atoms with Crippen LogP contribution in [0.5, 0.6) is 11.5 Å². The van der Waals surface area contributed by atoms with E-state index in [4.69, 9.17) is 14.6 Å². The van der Waals surface area contributed by atoms with Gasteiger partial charge < -0.3 is 9.47 Å². The zero-order valence-electron chi connectivity index (χ0n) is 17.3. The van der Waals surface area contributed by atoms with E-state index in [1.807, 2.05) is 36.4 Å². The molecule has 0 N–H and O–H groups in total. The topological polar surface area (TPSA) is 68.2 Å². The van der Waals surface area contributed by atoms with Crippen LogP contribution >= 0.6 is 0 Å². The second-order valence-corrected chi connectivity index (χ2v) is 7.74. The zero-order valence-corrected chi connectivity index (χ0v) is 17.3. The Balaban J connectivity index is 1.70. The Labute approximate surface area is 176 Å². The first kappa shape index (κ1) is 20.1. The number of methoxy groups -OCH3 is 2. The number of carbonyl (C=O) groups is 2. The molecule has 1 amide bonds. The highest BCUT2D eigenvalue weighted by Crippen LogP contribution is 2.39. The molecule has 1 saturated carbocycles. The summed E-state index contributed by atoms with van der Waals surface area (Å²) in [5, 5.41) is 6.07. The number of hydrogen-bond acceptors (Lipinski definition) is 5. The molecule has 0 unspecified atom stereocenters. The van der Waals surface area contributed by atoms with Crippen molar-refractivity contribution in [2.75, 3.05) is 20.8 Å². The summed E-state index contributed by atoms with van der Waals surface area (Å²) >= 11 is 0. The van der Waals surface area contributed by atoms with Crippen LogP contribution in [0.2, 0.25) is 0 Å². The van der Waals surface area contributed by atoms with Crippen LogP contribution < -0.4 is 9.47 Å². The Morgan fingerprint density at radius 3 is 2.40 bits per heavy atom. The number of carbonyl (C=O) groups excluding carboxylic acids is 2. The Bertz CT molecular complexity index is 970. The predicted octanol–water partition coefficient (Wildman–Crippen LogP) is 3.94. The van der Waals surface area contributed by atoms with Crippen LogP contribution in [-0.2, 0) is 4.79 Å². The van der Waals surface area contributed by atoms with Gasteiger partial charge in [-0.05, 0) is 31.0 Å². The van der Waals surface area contributed by atoms with E-state index in [9.17, 15) is 9.59 Å². The van der Waals surface area contributed by atoms with Gasteiger partial charge in [0.2, 0.25) is 5.91 Å². The molecule has 6 heteroatoms. The quantitative estimate of drug-likeness (QED) is 0.682. The first-order chi connectivity index (χ1) is 14.6. The summed E-state index contributed by atoms with van der Waals surface area (Å²) in [7, 11) is 3.20. The van der Waals surface area contributed by atoms with Crippen molar-refractivity contribution >= 4 is 17.4 Å². The van der Waals surface area contributed by atoms with Crippen molar-refractivity contribution in [2.45, 2.75) is 25.7 Å². The largest absolute Gasteiger partial charge is 0.493 e. The van der Waals surface area contributed by atoms with Crippen molar-refractivity contribution in [1.82, 2.24) is 5.01 Å². The minimum Gasteiger partial charge on any atom is -0.493 e. The number of fused-ring (bicyclic) bond motifs is 1. The number of ketones is 1. The van der Waals surface area contributed by atoms with Crippen molar-refractivity contribution in [1.29, 1.82) is 0 Å². The van der Waals surface area contributed by atoms with E-state index >= 15 is 0 Å². The molecule has 0 spiro atoms. The molecule has 2 aromatic rings. The highest BCUT2D eigenvalue weighted by atomic mass is 16.5. The molecule has 1 heterocycles. The van der Waals surface area contributed by atoms with E-state index < -0.39 is 0 Å². The maximum absolute atomic E-state index is 13.1. The molecule has 2 atom stereocenters. The summed E-state index contributed by atoms with van der Waals surface area (Å²) in [6.45, 7) is -0.0527. The minimum absolute atomic E-state index is 0.0480. The average molecular weight is 406 g/mol. The number of rotatable bonds is 6. The fourth-order valence-electron chi connectivity index (χ4n) is 4.43. The monoisotopic (exact) mass is 406 g/mol. The number of hydrazone groups is 1. The number of nitrogens with zero attached hydrogens (tertiary/aromatic N) is 2. The van der Waals surface area contributed by atoms with E-state index in [1.54, 1.807) is 26.4 Å². The van der Waals surface area contributed by atoms with Gasteiger partial charge in [0.25, 0.3) is 0 Å². The third-order valence-corrected chi connectivity index (χ3v) is 5.99. The van der Waals surface area contributed by atoms with Crippen LogP contribution in [0.3, 0.4) is 0 Å². The van der Waals surface area contributed by atoms with Crippen molar-refractivity contribution in [3.05, 3.63) is 59.7 Å². The maximum atomic E-state index is 13.1. The number of benzene rings is 2. The Morgan fingerprint density at radius 2 is 1.70 bits per heavy atom. The SMILES string of the molecule is COc1ccc(C2=NN(CC(=O)c3ccccc3)C(=O)[C@@H]3CCCC[C@H]23)cc1OC. The molecule has 156 valence electrons. The smallest absolute Gasteiger partial charge is 0.246 e. The van der Waals surface area contributed by atoms with Crippen LogP contribution in [0.1, 0.15) is 41.6 Å². The van der Waals surface area contributed by atoms with Gasteiger partial charge >= 0.3 is 0 Å². The molecule has 0 saturated heterocycles. The van der Waals surface area contributed by atoms with Crippen LogP contribution in [0.15, 0.2) is 53.6 Å². The fourth-order valence-corrected chi connectivity index (χ4v) is 4.43. The van der Waals surface area contributed by atoms with Crippen LogP contribution in [0.25, 0.3) is 0 Å². The van der Waals surface area contributed by atoms with Gasteiger partial charge in [-0.1, -0.05) is 43.2 Å². The first-order valence-electron chi connectivity index (χ1n) is 10.3. The highest BCUT2D eigenvalue weighted by molar-refractivity contribution is 6.08. The third-order valence-electron chi connectivity index (χ3n) is 5.99. The molecular weight excluding hydrogens is 380 g/mol. The number of ether oxygens (including phenoxy) is 2. The molecule has 0 bridgehead atoms. The lowest BCUT2D eigenvalue weighted by Crippen LogP contribution is -2.47. The Morgan fingerprint density at radius 1 is 1.00 bits per heavy atom. The second-order valence-electron chi connectivity index (χ2n) is 7.74. The Kier molecular flexibility index (Phi) is 5.84. The standard InChI is InChI=1S/C24H26N2O4/c1-29-21-13-12-17(14-22(21)30-2)23-18-10-6-7-11-19(18)24(28)26(25-23)15-20(27)16-8-4-3-5-9-16/h3-5,8-9,12-14,18-19H,6-7,10-11,15H2,1-2H3/t18-,19+/m0/s1. The number of Topliss-reactive ketones (excluding diaryl/α,β-unsaturated/α-hetero) is 1. The summed E-state index contributed by atoms with van der Waals surface area (Å²) in [6, 6.07) is 14.7. The molecule has 1 aliphatic heterocycles. The van der Waals surface area contributed by atoms with Gasteiger partial charge in [-0.3, -0.25) is 9.59 Å². The summed E-state index contributed by atoms with van der Waals surface area (Å²) in [6.07, 6.45) is 3.84. The molecule has 0 radical (unpaired) electrons. The molecule has 2 aromatic carbocycles. The molecule has 1 fully saturated rings. The summed E-state index contributed by atoms with van der Waals surface area (Å²) in [4.78, 5) is 25.9. The lowest BCUT2D eigenvalue weighted by Gasteiger charge is -2.38. The van der Waals surface area contributed by atoms with Gasteiger partial charge in [-0.15, -0.1) is 0 Å². The van der Waals surface area contributed by atoms with Gasteiger partial charge in [0, 0.05) is 23.0 Å². The lowest BCUT2D eigenvalue weighted by atomic mass is 9.73. The summed E-state index contributed by atoms with van der Waals surface area (Å²) < 4.78 is 10.8. The third kappa shape index (κ3) is 3.82. The first-order valence-corrected chi connectivity index (χ1v) is 10.3. The maximum Gasteiger partial charge on any atom is 0.246 e. The lowest BCUT2D eigenvalue weighted by molar-refractivity contribution is -0.138. The van der Waals surface area contributed by atoms with Gasteiger partial charge in [-0.25, -0.2) is 5.01 Å². The van der Waals surface area contributed by atoms with Gasteiger partial charge in [0.05, 0.1) is 19.9 Å².